The van der Waals surface area contributed by atoms with Crippen LogP contribution in [0.25, 0.3) is 0 Å². The molecule has 3 heterocycles. The van der Waals surface area contributed by atoms with Crippen LogP contribution in [0.3, 0.4) is 0 Å². The Hall–Kier alpha value is -5.13. The van der Waals surface area contributed by atoms with Crippen LogP contribution in [0.4, 0.5) is 22.8 Å². The van der Waals surface area contributed by atoms with E-state index in [0.717, 1.165) is 11.0 Å². The highest BCUT2D eigenvalue weighted by atomic mass is 32.2. The third-order valence-corrected chi connectivity index (χ3v) is 11.5. The zero-order chi connectivity index (χ0) is 40.6. The molecule has 3 N–H and O–H groups in total. The number of amides is 5. The number of carbonyl (C=O) groups is 5. The number of benzene rings is 2. The lowest BCUT2D eigenvalue weighted by Gasteiger charge is -2.30. The van der Waals surface area contributed by atoms with Gasteiger partial charge in [0.05, 0.1) is 18.0 Å². The van der Waals surface area contributed by atoms with Crippen molar-refractivity contribution in [2.24, 2.45) is 5.92 Å². The van der Waals surface area contributed by atoms with E-state index in [4.69, 9.17) is 9.47 Å². The van der Waals surface area contributed by atoms with Gasteiger partial charge in [0.1, 0.15) is 35.1 Å². The van der Waals surface area contributed by atoms with Gasteiger partial charge in [-0.3, -0.25) is 19.3 Å². The Bertz CT molecular complexity index is 2060. The van der Waals surface area contributed by atoms with E-state index in [2.05, 4.69) is 10.6 Å². The minimum Gasteiger partial charge on any atom is -0.444 e. The second-order valence-electron chi connectivity index (χ2n) is 15.5. The summed E-state index contributed by atoms with van der Waals surface area (Å²) in [5.41, 5.74) is -1.75. The van der Waals surface area contributed by atoms with Crippen molar-refractivity contribution in [2.45, 2.75) is 113 Å². The highest BCUT2D eigenvalue weighted by Crippen LogP contribution is 2.46. The largest absolute Gasteiger partial charge is 0.444 e. The Morgan fingerprint density at radius 1 is 0.982 bits per heavy atom. The molecule has 3 aliphatic heterocycles. The Morgan fingerprint density at radius 3 is 2.46 bits per heavy atom. The summed E-state index contributed by atoms with van der Waals surface area (Å²) in [6.45, 7) is 4.72. The topological polar surface area (TPSA) is 181 Å². The summed E-state index contributed by atoms with van der Waals surface area (Å²) < 4.78 is 81.3. The standard InChI is InChI=1S/C38H44F3N5O9S/c1-37(2,3)55-35(50)42-30-13-8-6-4-5-7-11-23-18-38(23,34(49)44-56(52,53)25-14-15-28(40)29(41)17-25)43-32(47)31-16-24(20-46(31)33(30)48)54-36(51)45-19-22-10-9-12-27(39)26(22)21-45/h7,9-12,14-15,17,23-24,30-31H,4-6,8,13,16,18-21H2,1-3H3,(H,42,50)(H,43,47)(H,44,49)/b11-7-/t23-,24+,30-,31-,38-/m0/s1. The minimum atomic E-state index is -4.74. The zero-order valence-corrected chi connectivity index (χ0v) is 31.9. The summed E-state index contributed by atoms with van der Waals surface area (Å²) in [4.78, 5) is 70.4. The molecule has 0 bridgehead atoms. The lowest BCUT2D eigenvalue weighted by molar-refractivity contribution is -0.141. The van der Waals surface area contributed by atoms with E-state index < -0.39 is 97.5 Å². The fourth-order valence-corrected chi connectivity index (χ4v) is 8.31. The number of halogens is 3. The maximum absolute atomic E-state index is 14.4. The van der Waals surface area contributed by atoms with Gasteiger partial charge in [0.2, 0.25) is 11.8 Å². The molecule has 5 amide bonds. The lowest BCUT2D eigenvalue weighted by Crippen LogP contribution is -2.58. The Morgan fingerprint density at radius 2 is 1.75 bits per heavy atom. The third-order valence-electron chi connectivity index (χ3n) is 10.2. The molecular weight excluding hydrogens is 760 g/mol. The summed E-state index contributed by atoms with van der Waals surface area (Å²) in [6.07, 6.45) is 3.08. The molecule has 0 radical (unpaired) electrons. The molecule has 18 heteroatoms. The van der Waals surface area contributed by atoms with Crippen molar-refractivity contribution in [1.29, 1.82) is 0 Å². The van der Waals surface area contributed by atoms with Gasteiger partial charge in [-0.25, -0.2) is 35.9 Å². The van der Waals surface area contributed by atoms with Crippen LogP contribution in [-0.2, 0) is 47.0 Å². The lowest BCUT2D eigenvalue weighted by atomic mass is 10.0. The molecule has 56 heavy (non-hydrogen) atoms. The molecule has 5 atom stereocenters. The summed E-state index contributed by atoms with van der Waals surface area (Å²) >= 11 is 0. The van der Waals surface area contributed by atoms with Crippen LogP contribution in [0.2, 0.25) is 0 Å². The molecule has 4 aliphatic rings. The van der Waals surface area contributed by atoms with Crippen LogP contribution in [0.5, 0.6) is 0 Å². The molecule has 14 nitrogen and oxygen atoms in total. The van der Waals surface area contributed by atoms with Crippen LogP contribution in [-0.4, -0.2) is 84.0 Å². The number of hydrogen-bond acceptors (Lipinski definition) is 9. The Labute approximate surface area is 322 Å². The average Bonchev–Trinajstić information content (AvgIpc) is 3.41. The molecule has 6 rings (SSSR count). The summed E-state index contributed by atoms with van der Waals surface area (Å²) in [5, 5.41) is 5.28. The third kappa shape index (κ3) is 8.95. The van der Waals surface area contributed by atoms with Gasteiger partial charge in [0, 0.05) is 24.4 Å². The van der Waals surface area contributed by atoms with E-state index in [1.165, 1.54) is 17.0 Å². The van der Waals surface area contributed by atoms with Gasteiger partial charge in [-0.2, -0.15) is 0 Å². The first-order valence-electron chi connectivity index (χ1n) is 18.4. The van der Waals surface area contributed by atoms with Gasteiger partial charge >= 0.3 is 12.2 Å². The number of nitrogens with zero attached hydrogens (tertiary/aromatic N) is 2. The second-order valence-corrected chi connectivity index (χ2v) is 17.2. The van der Waals surface area contributed by atoms with Crippen molar-refractivity contribution in [1.82, 2.24) is 25.2 Å². The van der Waals surface area contributed by atoms with E-state index in [1.807, 2.05) is 4.72 Å². The van der Waals surface area contributed by atoms with E-state index in [9.17, 15) is 45.6 Å². The minimum absolute atomic E-state index is 0.0254. The molecule has 1 saturated heterocycles. The number of allylic oxidation sites excluding steroid dienone is 1. The highest BCUT2D eigenvalue weighted by molar-refractivity contribution is 7.90. The number of carbonyl (C=O) groups excluding carboxylic acids is 5. The quantitative estimate of drug-likeness (QED) is 0.371. The van der Waals surface area contributed by atoms with Crippen molar-refractivity contribution in [3.8, 4) is 0 Å². The van der Waals surface area contributed by atoms with Gasteiger partial charge in [-0.15, -0.1) is 0 Å². The molecule has 1 aliphatic carbocycles. The van der Waals surface area contributed by atoms with Gasteiger partial charge in [-0.05, 0) is 76.3 Å². The predicted octanol–water partition coefficient (Wildman–Crippen LogP) is 4.32. The van der Waals surface area contributed by atoms with Crippen LogP contribution in [0.15, 0.2) is 53.4 Å². The van der Waals surface area contributed by atoms with Crippen LogP contribution >= 0.6 is 0 Å². The van der Waals surface area contributed by atoms with Crippen molar-refractivity contribution >= 4 is 39.9 Å². The molecule has 2 aromatic rings. The van der Waals surface area contributed by atoms with Crippen molar-refractivity contribution in [2.75, 3.05) is 6.54 Å². The highest BCUT2D eigenvalue weighted by Gasteiger charge is 2.62. The molecule has 302 valence electrons. The maximum Gasteiger partial charge on any atom is 0.410 e. The van der Waals surface area contributed by atoms with Crippen LogP contribution < -0.4 is 15.4 Å². The predicted molar refractivity (Wildman–Crippen MR) is 192 cm³/mol. The molecule has 0 spiro atoms. The van der Waals surface area contributed by atoms with E-state index in [-0.39, 0.29) is 38.9 Å². The number of fused-ring (bicyclic) bond motifs is 3. The average molecular weight is 804 g/mol. The molecular formula is C38H44F3N5O9S. The SMILES string of the molecule is CC(C)(C)OC(=O)N[C@H]1CCCCC/C=C\[C@H]2C[C@]2(C(=O)NS(=O)(=O)c2ccc(F)c(F)c2)NC(=O)[C@@H]2C[C@@H](OC(=O)N3Cc4cccc(F)c4C3)CN2C1=O. The molecule has 1 saturated carbocycles. The Balaban J connectivity index is 1.27. The normalized spacial score (nSPS) is 26.0. The van der Waals surface area contributed by atoms with E-state index >= 15 is 0 Å². The molecule has 2 fully saturated rings. The maximum atomic E-state index is 14.4. The van der Waals surface area contributed by atoms with E-state index in [0.29, 0.717) is 48.9 Å². The fourth-order valence-electron chi connectivity index (χ4n) is 7.26. The zero-order valence-electron chi connectivity index (χ0n) is 31.1. The summed E-state index contributed by atoms with van der Waals surface area (Å²) in [7, 11) is -4.74. The summed E-state index contributed by atoms with van der Waals surface area (Å²) in [5.74, 6) is -6.57. The van der Waals surface area contributed by atoms with Crippen LogP contribution in [0.1, 0.15) is 76.8 Å². The van der Waals surface area contributed by atoms with Gasteiger partial charge in [-0.1, -0.05) is 37.1 Å². The van der Waals surface area contributed by atoms with Crippen molar-refractivity contribution in [3.63, 3.8) is 0 Å². The number of rotatable bonds is 5. The number of hydrogen-bond donors (Lipinski definition) is 3. The van der Waals surface area contributed by atoms with Crippen molar-refractivity contribution in [3.05, 3.63) is 77.1 Å². The number of alkyl carbamates (subject to hydrolysis) is 1. The first-order chi connectivity index (χ1) is 26.4. The summed E-state index contributed by atoms with van der Waals surface area (Å²) in [6, 6.07) is 3.79. The van der Waals surface area contributed by atoms with Crippen LogP contribution in [0, 0.1) is 23.4 Å². The van der Waals surface area contributed by atoms with Crippen molar-refractivity contribution < 1.29 is 55.0 Å². The molecule has 2 aromatic carbocycles. The van der Waals surface area contributed by atoms with Gasteiger partial charge in [0.25, 0.3) is 15.9 Å². The van der Waals surface area contributed by atoms with Gasteiger partial charge in [0.15, 0.2) is 11.6 Å². The first-order valence-corrected chi connectivity index (χ1v) is 19.9. The monoisotopic (exact) mass is 803 g/mol. The number of sulfonamides is 1. The van der Waals surface area contributed by atoms with Gasteiger partial charge < -0.3 is 25.0 Å². The number of nitrogens with one attached hydrogen (secondary N) is 3. The second kappa shape index (κ2) is 15.8. The smallest absolute Gasteiger partial charge is 0.410 e. The van der Waals surface area contributed by atoms with E-state index in [1.54, 1.807) is 39.0 Å². The molecule has 0 unspecified atom stereocenters. The fraction of sp³-hybridized carbons (Fsp3) is 0.500. The molecule has 0 aromatic heterocycles. The number of ether oxygens (including phenoxy) is 2. The first kappa shape index (κ1) is 40.5. The Kier molecular flexibility index (Phi) is 11.4.